The van der Waals surface area contributed by atoms with Crippen molar-refractivity contribution in [2.75, 3.05) is 6.54 Å². The number of hydrogen-bond acceptors (Lipinski definition) is 3. The third-order valence-electron chi connectivity index (χ3n) is 4.60. The zero-order valence-electron chi connectivity index (χ0n) is 11.9. The van der Waals surface area contributed by atoms with Gasteiger partial charge in [-0.15, -0.1) is 0 Å². The molecule has 0 spiro atoms. The molecule has 1 aliphatic carbocycles. The van der Waals surface area contributed by atoms with Crippen molar-refractivity contribution in [3.63, 3.8) is 0 Å². The van der Waals surface area contributed by atoms with Crippen LogP contribution >= 0.6 is 0 Å². The van der Waals surface area contributed by atoms with E-state index in [0.717, 1.165) is 32.4 Å². The largest absolute Gasteiger partial charge is 0.481 e. The van der Waals surface area contributed by atoms with E-state index in [9.17, 15) is 9.59 Å². The average Bonchev–Trinajstić information content (AvgIpc) is 3.12. The minimum absolute atomic E-state index is 0.0579. The summed E-state index contributed by atoms with van der Waals surface area (Å²) in [6.45, 7) is 2.12. The first-order valence-corrected chi connectivity index (χ1v) is 7.48. The van der Waals surface area contributed by atoms with Gasteiger partial charge in [0.05, 0.1) is 5.92 Å². The van der Waals surface area contributed by atoms with Gasteiger partial charge in [0.1, 0.15) is 0 Å². The molecule has 1 aliphatic heterocycles. The fraction of sp³-hybridized carbons (Fsp3) is 0.500. The molecule has 0 radical (unpaired) electrons. The third kappa shape index (κ3) is 2.93. The lowest BCUT2D eigenvalue weighted by molar-refractivity contribution is -0.142. The maximum atomic E-state index is 12.2. The van der Waals surface area contributed by atoms with Crippen LogP contribution in [0.25, 0.3) is 0 Å². The van der Waals surface area contributed by atoms with Crippen LogP contribution in [0.4, 0.5) is 0 Å². The Morgan fingerprint density at radius 2 is 2.05 bits per heavy atom. The molecule has 1 fully saturated rings. The van der Waals surface area contributed by atoms with E-state index in [0.29, 0.717) is 12.1 Å². The molecular weight excluding hydrogens is 268 g/mol. The van der Waals surface area contributed by atoms with Gasteiger partial charge in [0.2, 0.25) is 0 Å². The Morgan fingerprint density at radius 1 is 1.24 bits per heavy atom. The van der Waals surface area contributed by atoms with E-state index in [-0.39, 0.29) is 17.7 Å². The fourth-order valence-electron chi connectivity index (χ4n) is 3.37. The number of benzene rings is 1. The highest BCUT2D eigenvalue weighted by atomic mass is 16.4. The first-order valence-electron chi connectivity index (χ1n) is 7.48. The lowest BCUT2D eigenvalue weighted by atomic mass is 9.96. The van der Waals surface area contributed by atoms with Gasteiger partial charge in [0, 0.05) is 25.2 Å². The number of nitrogens with one attached hydrogen (secondary N) is 2. The lowest BCUT2D eigenvalue weighted by Gasteiger charge is -2.16. The van der Waals surface area contributed by atoms with Crippen molar-refractivity contribution in [1.82, 2.24) is 10.6 Å². The Labute approximate surface area is 123 Å². The second-order valence-corrected chi connectivity index (χ2v) is 5.93. The minimum atomic E-state index is -0.740. The molecule has 5 nitrogen and oxygen atoms in total. The lowest BCUT2D eigenvalue weighted by Crippen LogP contribution is -2.33. The van der Waals surface area contributed by atoms with E-state index in [2.05, 4.69) is 10.6 Å². The summed E-state index contributed by atoms with van der Waals surface area (Å²) in [5.74, 6) is -1.10. The van der Waals surface area contributed by atoms with Gasteiger partial charge in [0.15, 0.2) is 0 Å². The molecule has 2 atom stereocenters. The van der Waals surface area contributed by atoms with Crippen LogP contribution in [0, 0.1) is 11.8 Å². The van der Waals surface area contributed by atoms with Crippen molar-refractivity contribution in [2.45, 2.75) is 32.4 Å². The van der Waals surface area contributed by atoms with Crippen molar-refractivity contribution in [3.8, 4) is 0 Å². The molecule has 3 N–H and O–H groups in total. The van der Waals surface area contributed by atoms with Crippen LogP contribution in [-0.4, -0.2) is 23.5 Å². The number of carboxylic acids is 1. The van der Waals surface area contributed by atoms with Gasteiger partial charge >= 0.3 is 5.97 Å². The van der Waals surface area contributed by atoms with Crippen LogP contribution in [0.5, 0.6) is 0 Å². The van der Waals surface area contributed by atoms with Crippen LogP contribution in [0.2, 0.25) is 0 Å². The summed E-state index contributed by atoms with van der Waals surface area (Å²) in [6, 6.07) is 5.75. The number of hydrogen-bond donors (Lipinski definition) is 3. The van der Waals surface area contributed by atoms with Crippen molar-refractivity contribution < 1.29 is 14.7 Å². The smallest absolute Gasteiger partial charge is 0.306 e. The Kier molecular flexibility index (Phi) is 3.92. The van der Waals surface area contributed by atoms with Crippen LogP contribution < -0.4 is 10.6 Å². The number of carbonyl (C=O) groups excluding carboxylic acids is 1. The van der Waals surface area contributed by atoms with Gasteiger partial charge in [0.25, 0.3) is 5.91 Å². The molecular formula is C16H20N2O3. The molecule has 1 heterocycles. The molecule has 1 aromatic carbocycles. The summed E-state index contributed by atoms with van der Waals surface area (Å²) in [5.41, 5.74) is 3.07. The predicted octanol–water partition coefficient (Wildman–Crippen LogP) is 1.52. The molecule has 1 amide bonds. The molecule has 0 aromatic heterocycles. The molecule has 1 aromatic rings. The van der Waals surface area contributed by atoms with E-state index in [4.69, 9.17) is 5.11 Å². The van der Waals surface area contributed by atoms with Crippen molar-refractivity contribution in [1.29, 1.82) is 0 Å². The summed E-state index contributed by atoms with van der Waals surface area (Å²) >= 11 is 0. The van der Waals surface area contributed by atoms with E-state index >= 15 is 0 Å². The second kappa shape index (κ2) is 5.85. The molecule has 0 bridgehead atoms. The van der Waals surface area contributed by atoms with Gasteiger partial charge in [-0.2, -0.15) is 0 Å². The normalized spacial score (nSPS) is 23.8. The van der Waals surface area contributed by atoms with Gasteiger partial charge in [-0.25, -0.2) is 0 Å². The Bertz CT molecular complexity index is 571. The highest BCUT2D eigenvalue weighted by molar-refractivity contribution is 5.94. The zero-order chi connectivity index (χ0) is 14.8. The van der Waals surface area contributed by atoms with Gasteiger partial charge in [-0.1, -0.05) is 12.5 Å². The minimum Gasteiger partial charge on any atom is -0.481 e. The molecule has 1 saturated carbocycles. The fourth-order valence-corrected chi connectivity index (χ4v) is 3.37. The number of rotatable bonds is 4. The molecule has 0 saturated heterocycles. The summed E-state index contributed by atoms with van der Waals surface area (Å²) in [5, 5.41) is 15.3. The highest BCUT2D eigenvalue weighted by Gasteiger charge is 2.32. The standard InChI is InChI=1S/C16H20N2O3/c19-15(10-4-5-11-7-17-8-13(11)6-10)18-9-12-2-1-3-14(12)16(20)21/h4-6,12,14,17H,1-3,7-9H2,(H,18,19)(H,20,21). The van der Waals surface area contributed by atoms with Gasteiger partial charge in [-0.05, 0) is 42.0 Å². The van der Waals surface area contributed by atoms with E-state index in [1.165, 1.54) is 11.1 Å². The quantitative estimate of drug-likeness (QED) is 0.785. The van der Waals surface area contributed by atoms with E-state index in [1.807, 2.05) is 18.2 Å². The van der Waals surface area contributed by atoms with Crippen molar-refractivity contribution in [2.24, 2.45) is 11.8 Å². The van der Waals surface area contributed by atoms with Crippen LogP contribution in [0.1, 0.15) is 40.7 Å². The van der Waals surface area contributed by atoms with Crippen LogP contribution in [0.3, 0.4) is 0 Å². The molecule has 21 heavy (non-hydrogen) atoms. The number of aliphatic carboxylic acids is 1. The van der Waals surface area contributed by atoms with Crippen molar-refractivity contribution in [3.05, 3.63) is 34.9 Å². The van der Waals surface area contributed by atoms with Gasteiger partial charge < -0.3 is 15.7 Å². The summed E-state index contributed by atoms with van der Waals surface area (Å²) in [4.78, 5) is 23.3. The SMILES string of the molecule is O=C(NCC1CCCC1C(=O)O)c1ccc2c(c1)CNC2. The highest BCUT2D eigenvalue weighted by Crippen LogP contribution is 2.31. The van der Waals surface area contributed by atoms with Crippen molar-refractivity contribution >= 4 is 11.9 Å². The summed E-state index contributed by atoms with van der Waals surface area (Å²) in [6.07, 6.45) is 2.54. The summed E-state index contributed by atoms with van der Waals surface area (Å²) < 4.78 is 0. The number of fused-ring (bicyclic) bond motifs is 1. The Morgan fingerprint density at radius 3 is 2.86 bits per heavy atom. The first-order chi connectivity index (χ1) is 10.1. The topological polar surface area (TPSA) is 78.4 Å². The molecule has 2 unspecified atom stereocenters. The van der Waals surface area contributed by atoms with Crippen LogP contribution in [-0.2, 0) is 17.9 Å². The molecule has 112 valence electrons. The molecule has 5 heteroatoms. The monoisotopic (exact) mass is 288 g/mol. The molecule has 3 rings (SSSR count). The first kappa shape index (κ1) is 14.1. The zero-order valence-corrected chi connectivity index (χ0v) is 11.9. The third-order valence-corrected chi connectivity index (χ3v) is 4.60. The second-order valence-electron chi connectivity index (χ2n) is 5.93. The Hall–Kier alpha value is -1.88. The number of carbonyl (C=O) groups is 2. The number of amides is 1. The average molecular weight is 288 g/mol. The van der Waals surface area contributed by atoms with Gasteiger partial charge in [-0.3, -0.25) is 9.59 Å². The number of carboxylic acid groups (broad SMARTS) is 1. The van der Waals surface area contributed by atoms with E-state index in [1.54, 1.807) is 0 Å². The summed E-state index contributed by atoms with van der Waals surface area (Å²) in [7, 11) is 0. The Balaban J connectivity index is 1.60. The maximum Gasteiger partial charge on any atom is 0.306 e. The predicted molar refractivity (Wildman–Crippen MR) is 77.8 cm³/mol. The van der Waals surface area contributed by atoms with E-state index < -0.39 is 5.97 Å². The maximum absolute atomic E-state index is 12.2. The van der Waals surface area contributed by atoms with Crippen LogP contribution in [0.15, 0.2) is 18.2 Å². The molecule has 2 aliphatic rings.